The number of Topliss-reactive ketones (excluding diaryl/α,β-unsaturated/α-hetero) is 1. The Balaban J connectivity index is 1.92. The van der Waals surface area contributed by atoms with Gasteiger partial charge in [0, 0.05) is 11.8 Å². The van der Waals surface area contributed by atoms with Gasteiger partial charge in [0.2, 0.25) is 0 Å². The highest BCUT2D eigenvalue weighted by atomic mass is 16.5. The number of rotatable bonds is 9. The molecule has 0 aliphatic carbocycles. The molecule has 1 unspecified atom stereocenters. The summed E-state index contributed by atoms with van der Waals surface area (Å²) in [5.41, 5.74) is 1.29. The number of carbonyl (C=O) groups excluding carboxylic acids is 2. The molecule has 0 radical (unpaired) electrons. The number of hydrogen-bond acceptors (Lipinski definition) is 7. The first-order valence-electron chi connectivity index (χ1n) is 12.3. The number of aliphatic hydroxyl groups excluding tert-OH is 1. The Morgan fingerprint density at radius 3 is 2.26 bits per heavy atom. The number of methoxy groups -OCH3 is 2. The third kappa shape index (κ3) is 5.16. The molecule has 1 saturated heterocycles. The van der Waals surface area contributed by atoms with E-state index < -0.39 is 17.7 Å². The summed E-state index contributed by atoms with van der Waals surface area (Å²) >= 11 is 0. The minimum atomic E-state index is -0.921. The number of benzene rings is 3. The first kappa shape index (κ1) is 26.6. The van der Waals surface area contributed by atoms with Gasteiger partial charge in [0.25, 0.3) is 11.7 Å². The van der Waals surface area contributed by atoms with Crippen LogP contribution in [0, 0.1) is 0 Å². The lowest BCUT2D eigenvalue weighted by Crippen LogP contribution is -2.29. The van der Waals surface area contributed by atoms with Crippen molar-refractivity contribution in [3.05, 3.63) is 83.4 Å². The van der Waals surface area contributed by atoms with Gasteiger partial charge in [0.15, 0.2) is 0 Å². The smallest absolute Gasteiger partial charge is 0.300 e. The van der Waals surface area contributed by atoms with Gasteiger partial charge in [0.1, 0.15) is 28.8 Å². The molecule has 0 saturated carbocycles. The van der Waals surface area contributed by atoms with Crippen molar-refractivity contribution < 1.29 is 33.6 Å². The van der Waals surface area contributed by atoms with Crippen LogP contribution < -0.4 is 23.8 Å². The molecule has 1 heterocycles. The molecule has 1 aliphatic rings. The molecule has 1 fully saturated rings. The summed E-state index contributed by atoms with van der Waals surface area (Å²) in [6, 6.07) is 18.0. The van der Waals surface area contributed by atoms with Gasteiger partial charge in [-0.2, -0.15) is 0 Å². The van der Waals surface area contributed by atoms with E-state index in [1.165, 1.54) is 19.1 Å². The van der Waals surface area contributed by atoms with Crippen molar-refractivity contribution in [2.75, 3.05) is 25.7 Å². The van der Waals surface area contributed by atoms with Gasteiger partial charge >= 0.3 is 0 Å². The van der Waals surface area contributed by atoms with Gasteiger partial charge in [-0.25, -0.2) is 0 Å². The first-order chi connectivity index (χ1) is 18.3. The van der Waals surface area contributed by atoms with E-state index in [4.69, 9.17) is 18.9 Å². The summed E-state index contributed by atoms with van der Waals surface area (Å²) in [6.07, 6.45) is -0.0775. The van der Waals surface area contributed by atoms with Gasteiger partial charge in [-0.15, -0.1) is 0 Å². The molecule has 8 nitrogen and oxygen atoms in total. The lowest BCUT2D eigenvalue weighted by molar-refractivity contribution is -0.132. The molecule has 3 aromatic rings. The second-order valence-electron chi connectivity index (χ2n) is 8.90. The van der Waals surface area contributed by atoms with Gasteiger partial charge in [0.05, 0.1) is 44.1 Å². The van der Waals surface area contributed by atoms with Crippen LogP contribution in [0.25, 0.3) is 5.76 Å². The van der Waals surface area contributed by atoms with E-state index in [-0.39, 0.29) is 23.0 Å². The summed E-state index contributed by atoms with van der Waals surface area (Å²) < 4.78 is 22.1. The molecule has 1 N–H and O–H groups in total. The van der Waals surface area contributed by atoms with Crippen molar-refractivity contribution >= 4 is 23.1 Å². The molecular formula is C30H31NO7. The van der Waals surface area contributed by atoms with Crippen LogP contribution in [-0.2, 0) is 9.59 Å². The quantitative estimate of drug-likeness (QED) is 0.227. The Kier molecular flexibility index (Phi) is 7.90. The Morgan fingerprint density at radius 1 is 0.921 bits per heavy atom. The summed E-state index contributed by atoms with van der Waals surface area (Å²) in [4.78, 5) is 28.4. The third-order valence-electron chi connectivity index (χ3n) is 6.08. The predicted molar refractivity (Wildman–Crippen MR) is 144 cm³/mol. The molecule has 198 valence electrons. The normalized spacial score (nSPS) is 16.6. The van der Waals surface area contributed by atoms with E-state index in [0.717, 1.165) is 0 Å². The SMILES string of the molecule is CCOc1ccc(N2C(=O)C(=O)/C(=C(/O)c3ccc(OC)cc3OC)C2c2cccc(OC(C)C)c2)cc1. The van der Waals surface area contributed by atoms with Crippen LogP contribution >= 0.6 is 0 Å². The number of ether oxygens (including phenoxy) is 4. The number of nitrogens with zero attached hydrogens (tertiary/aromatic N) is 1. The topological polar surface area (TPSA) is 94.5 Å². The predicted octanol–water partition coefficient (Wildman–Crippen LogP) is 5.52. The Bertz CT molecular complexity index is 1360. The molecule has 1 aliphatic heterocycles. The molecule has 0 spiro atoms. The fourth-order valence-electron chi connectivity index (χ4n) is 4.45. The highest BCUT2D eigenvalue weighted by molar-refractivity contribution is 6.51. The fraction of sp³-hybridized carbons (Fsp3) is 0.267. The zero-order chi connectivity index (χ0) is 27.4. The maximum absolute atomic E-state index is 13.5. The van der Waals surface area contributed by atoms with Gasteiger partial charge < -0.3 is 24.1 Å². The maximum Gasteiger partial charge on any atom is 0.300 e. The van der Waals surface area contributed by atoms with E-state index in [2.05, 4.69) is 0 Å². The molecule has 1 atom stereocenters. The van der Waals surface area contributed by atoms with Crippen LogP contribution in [0.2, 0.25) is 0 Å². The van der Waals surface area contributed by atoms with E-state index in [1.54, 1.807) is 66.7 Å². The van der Waals surface area contributed by atoms with E-state index in [1.807, 2.05) is 20.8 Å². The largest absolute Gasteiger partial charge is 0.507 e. The minimum Gasteiger partial charge on any atom is -0.507 e. The third-order valence-corrected chi connectivity index (χ3v) is 6.08. The maximum atomic E-state index is 13.5. The van der Waals surface area contributed by atoms with E-state index >= 15 is 0 Å². The molecule has 4 rings (SSSR count). The Labute approximate surface area is 222 Å². The number of hydrogen-bond donors (Lipinski definition) is 1. The number of aliphatic hydroxyl groups is 1. The molecule has 8 heteroatoms. The monoisotopic (exact) mass is 517 g/mol. The summed E-state index contributed by atoms with van der Waals surface area (Å²) in [5.74, 6) is 0.110. The van der Waals surface area contributed by atoms with E-state index in [9.17, 15) is 14.7 Å². The number of carbonyl (C=O) groups is 2. The molecule has 38 heavy (non-hydrogen) atoms. The lowest BCUT2D eigenvalue weighted by atomic mass is 9.94. The van der Waals surface area contributed by atoms with Crippen LogP contribution in [0.3, 0.4) is 0 Å². The molecule has 1 amide bonds. The van der Waals surface area contributed by atoms with Crippen LogP contribution in [0.15, 0.2) is 72.3 Å². The van der Waals surface area contributed by atoms with Crippen molar-refractivity contribution in [3.8, 4) is 23.0 Å². The van der Waals surface area contributed by atoms with Crippen molar-refractivity contribution in [1.29, 1.82) is 0 Å². The number of amides is 1. The molecule has 0 bridgehead atoms. The molecular weight excluding hydrogens is 486 g/mol. The number of anilines is 1. The van der Waals surface area contributed by atoms with Crippen LogP contribution in [0.1, 0.15) is 37.9 Å². The van der Waals surface area contributed by atoms with Crippen LogP contribution in [0.4, 0.5) is 5.69 Å². The second-order valence-corrected chi connectivity index (χ2v) is 8.90. The fourth-order valence-corrected chi connectivity index (χ4v) is 4.45. The van der Waals surface area contributed by atoms with Gasteiger partial charge in [-0.3, -0.25) is 14.5 Å². The van der Waals surface area contributed by atoms with Gasteiger partial charge in [-0.05, 0) is 74.9 Å². The zero-order valence-corrected chi connectivity index (χ0v) is 22.1. The zero-order valence-electron chi connectivity index (χ0n) is 22.1. The van der Waals surface area contributed by atoms with Crippen molar-refractivity contribution in [2.45, 2.75) is 32.9 Å². The van der Waals surface area contributed by atoms with Crippen molar-refractivity contribution in [1.82, 2.24) is 0 Å². The number of ketones is 1. The summed E-state index contributed by atoms with van der Waals surface area (Å²) in [6.45, 7) is 6.20. The van der Waals surface area contributed by atoms with E-state index in [0.29, 0.717) is 40.9 Å². The highest BCUT2D eigenvalue weighted by Crippen LogP contribution is 2.44. The average molecular weight is 518 g/mol. The van der Waals surface area contributed by atoms with Crippen molar-refractivity contribution in [2.24, 2.45) is 0 Å². The standard InChI is InChI=1S/C30H31NO7/c1-6-37-21-12-10-20(11-13-21)31-27(19-8-7-9-23(16-19)38-18(2)3)26(29(33)30(31)34)28(32)24-15-14-22(35-4)17-25(24)36-5/h7-18,27,32H,6H2,1-5H3/b28-26+. The first-order valence-corrected chi connectivity index (χ1v) is 12.3. The minimum absolute atomic E-state index is 0.0611. The molecule has 0 aromatic heterocycles. The van der Waals surface area contributed by atoms with Gasteiger partial charge in [-0.1, -0.05) is 12.1 Å². The Hall–Kier alpha value is -4.46. The highest BCUT2D eigenvalue weighted by Gasteiger charge is 2.47. The summed E-state index contributed by atoms with van der Waals surface area (Å²) in [5, 5.41) is 11.5. The summed E-state index contributed by atoms with van der Waals surface area (Å²) in [7, 11) is 2.97. The van der Waals surface area contributed by atoms with Crippen LogP contribution in [0.5, 0.6) is 23.0 Å². The average Bonchev–Trinajstić information content (AvgIpc) is 3.18. The Morgan fingerprint density at radius 2 is 1.63 bits per heavy atom. The van der Waals surface area contributed by atoms with Crippen LogP contribution in [-0.4, -0.2) is 43.7 Å². The second kappa shape index (κ2) is 11.3. The van der Waals surface area contributed by atoms with Crippen molar-refractivity contribution in [3.63, 3.8) is 0 Å². The molecule has 3 aromatic carbocycles. The lowest BCUT2D eigenvalue weighted by Gasteiger charge is -2.26.